The topological polar surface area (TPSA) is 78.0 Å². The molecular weight excluding hydrogens is 433 g/mol. The molecule has 9 heteroatoms. The van der Waals surface area contributed by atoms with Crippen molar-refractivity contribution in [3.05, 3.63) is 29.6 Å². The molecular formula is C23H32FN3O4S. The molecule has 7 nitrogen and oxygen atoms in total. The van der Waals surface area contributed by atoms with E-state index >= 15 is 0 Å². The molecule has 0 spiro atoms. The van der Waals surface area contributed by atoms with Crippen LogP contribution < -0.4 is 4.90 Å². The van der Waals surface area contributed by atoms with Gasteiger partial charge in [0.2, 0.25) is 5.91 Å². The van der Waals surface area contributed by atoms with Crippen molar-refractivity contribution in [3.63, 3.8) is 0 Å². The molecule has 2 aliphatic heterocycles. The number of amides is 1. The van der Waals surface area contributed by atoms with E-state index in [2.05, 4.69) is 4.90 Å². The van der Waals surface area contributed by atoms with Gasteiger partial charge in [0.25, 0.3) is 0 Å². The maximum absolute atomic E-state index is 14.5. The molecule has 0 radical (unpaired) electrons. The molecule has 32 heavy (non-hydrogen) atoms. The highest BCUT2D eigenvalue weighted by molar-refractivity contribution is 7.91. The molecule has 1 aromatic carbocycles. The Hall–Kier alpha value is -2.00. The van der Waals surface area contributed by atoms with Crippen LogP contribution in [0.4, 0.5) is 10.1 Å². The molecule has 1 aliphatic carbocycles. The average molecular weight is 466 g/mol. The maximum Gasteiger partial charge on any atom is 0.237 e. The van der Waals surface area contributed by atoms with E-state index < -0.39 is 15.7 Å². The molecule has 0 unspecified atom stereocenters. The van der Waals surface area contributed by atoms with Gasteiger partial charge in [-0.05, 0) is 44.4 Å². The number of rotatable bonds is 6. The largest absolute Gasteiger partial charge is 0.367 e. The predicted octanol–water partition coefficient (Wildman–Crippen LogP) is 2.11. The quantitative estimate of drug-likeness (QED) is 0.599. The number of nitrogens with zero attached hydrogens (tertiary/aromatic N) is 3. The molecule has 4 rings (SSSR count). The molecule has 1 atom stereocenters. The van der Waals surface area contributed by atoms with Crippen LogP contribution in [0.2, 0.25) is 0 Å². The number of sulfone groups is 1. The summed E-state index contributed by atoms with van der Waals surface area (Å²) < 4.78 is 38.6. The maximum atomic E-state index is 14.5. The van der Waals surface area contributed by atoms with Gasteiger partial charge >= 0.3 is 0 Å². The number of hydrogen-bond donors (Lipinski definition) is 0. The number of carbonyl (C=O) groups excluding carboxylic acids is 2. The van der Waals surface area contributed by atoms with Crippen LogP contribution >= 0.6 is 0 Å². The number of halogens is 1. The van der Waals surface area contributed by atoms with Crippen molar-refractivity contribution in [2.45, 2.75) is 51.1 Å². The lowest BCUT2D eigenvalue weighted by Gasteiger charge is -2.39. The zero-order chi connectivity index (χ0) is 22.9. The SMILES string of the molecule is CC(=O)c1ccc(N2CCN(CC(=O)N(C3CCCC3)[C@H]3CCS(=O)(=O)C3)CC2)c(F)c1. The van der Waals surface area contributed by atoms with E-state index in [0.717, 1.165) is 25.7 Å². The monoisotopic (exact) mass is 465 g/mol. The third-order valence-electron chi connectivity index (χ3n) is 7.03. The van der Waals surface area contributed by atoms with Crippen molar-refractivity contribution in [1.29, 1.82) is 0 Å². The van der Waals surface area contributed by atoms with Gasteiger partial charge in [0.1, 0.15) is 5.82 Å². The summed E-state index contributed by atoms with van der Waals surface area (Å²) in [6, 6.07) is 4.52. The molecule has 3 fully saturated rings. The molecule has 0 bridgehead atoms. The van der Waals surface area contributed by atoms with Crippen LogP contribution in [-0.2, 0) is 14.6 Å². The van der Waals surface area contributed by atoms with E-state index in [0.29, 0.717) is 43.9 Å². The van der Waals surface area contributed by atoms with Crippen molar-refractivity contribution in [3.8, 4) is 0 Å². The molecule has 1 saturated carbocycles. The van der Waals surface area contributed by atoms with Gasteiger partial charge in [-0.1, -0.05) is 12.8 Å². The van der Waals surface area contributed by atoms with Crippen LogP contribution in [0, 0.1) is 5.82 Å². The van der Waals surface area contributed by atoms with Crippen LogP contribution in [-0.4, -0.2) is 86.2 Å². The van der Waals surface area contributed by atoms with Crippen molar-refractivity contribution in [2.24, 2.45) is 0 Å². The first-order valence-electron chi connectivity index (χ1n) is 11.5. The van der Waals surface area contributed by atoms with E-state index in [4.69, 9.17) is 0 Å². The Morgan fingerprint density at radius 1 is 1.06 bits per heavy atom. The molecule has 3 aliphatic rings. The van der Waals surface area contributed by atoms with Gasteiger partial charge in [-0.2, -0.15) is 0 Å². The number of ketones is 1. The fraction of sp³-hybridized carbons (Fsp3) is 0.652. The molecule has 0 aromatic heterocycles. The molecule has 1 aromatic rings. The van der Waals surface area contributed by atoms with Crippen LogP contribution in [0.5, 0.6) is 0 Å². The summed E-state index contributed by atoms with van der Waals surface area (Å²) in [5.41, 5.74) is 0.834. The summed E-state index contributed by atoms with van der Waals surface area (Å²) in [6.07, 6.45) is 4.60. The summed E-state index contributed by atoms with van der Waals surface area (Å²) in [7, 11) is -3.06. The Balaban J connectivity index is 1.37. The number of piperazine rings is 1. The lowest BCUT2D eigenvalue weighted by molar-refractivity contribution is -0.137. The lowest BCUT2D eigenvalue weighted by Crippen LogP contribution is -2.54. The second-order valence-electron chi connectivity index (χ2n) is 9.28. The second-order valence-corrected chi connectivity index (χ2v) is 11.5. The van der Waals surface area contributed by atoms with Crippen LogP contribution in [0.1, 0.15) is 49.4 Å². The van der Waals surface area contributed by atoms with Crippen molar-refractivity contribution in [1.82, 2.24) is 9.80 Å². The fourth-order valence-electron chi connectivity index (χ4n) is 5.28. The number of carbonyl (C=O) groups is 2. The highest BCUT2D eigenvalue weighted by Gasteiger charge is 2.39. The molecule has 176 valence electrons. The number of Topliss-reactive ketones (excluding diaryl/α,β-unsaturated/α-hetero) is 1. The Labute approximate surface area is 189 Å². The van der Waals surface area contributed by atoms with Crippen molar-refractivity contribution in [2.75, 3.05) is 49.1 Å². The minimum Gasteiger partial charge on any atom is -0.367 e. The van der Waals surface area contributed by atoms with Crippen molar-refractivity contribution >= 4 is 27.2 Å². The zero-order valence-electron chi connectivity index (χ0n) is 18.6. The Kier molecular flexibility index (Phi) is 6.86. The second kappa shape index (κ2) is 9.47. The number of benzene rings is 1. The van der Waals surface area contributed by atoms with E-state index in [9.17, 15) is 22.4 Å². The summed E-state index contributed by atoms with van der Waals surface area (Å²) in [5, 5.41) is 0. The van der Waals surface area contributed by atoms with Gasteiger partial charge in [-0.3, -0.25) is 14.5 Å². The molecule has 0 N–H and O–H groups in total. The predicted molar refractivity (Wildman–Crippen MR) is 121 cm³/mol. The van der Waals surface area contributed by atoms with E-state index in [1.807, 2.05) is 9.80 Å². The first-order valence-corrected chi connectivity index (χ1v) is 13.3. The first-order chi connectivity index (χ1) is 15.2. The molecule has 1 amide bonds. The van der Waals surface area contributed by atoms with Gasteiger partial charge in [0, 0.05) is 43.8 Å². The Bertz CT molecular complexity index is 969. The van der Waals surface area contributed by atoms with Gasteiger partial charge in [0.05, 0.1) is 23.7 Å². The number of hydrogen-bond acceptors (Lipinski definition) is 6. The molecule has 2 saturated heterocycles. The van der Waals surface area contributed by atoms with E-state index in [-0.39, 0.29) is 41.8 Å². The standard InChI is InChI=1S/C23H32FN3O4S/c1-17(28)18-6-7-22(21(24)14-18)26-11-9-25(10-12-26)15-23(29)27(19-4-2-3-5-19)20-8-13-32(30,31)16-20/h6-7,14,19-20H,2-5,8-13,15-16H2,1H3/t20-/m0/s1. The summed E-state index contributed by atoms with van der Waals surface area (Å²) in [5.74, 6) is -0.304. The van der Waals surface area contributed by atoms with Crippen LogP contribution in [0.25, 0.3) is 0 Å². The fourth-order valence-corrected chi connectivity index (χ4v) is 7.00. The Morgan fingerprint density at radius 3 is 2.31 bits per heavy atom. The third kappa shape index (κ3) is 5.14. The number of anilines is 1. The van der Waals surface area contributed by atoms with Crippen LogP contribution in [0.15, 0.2) is 18.2 Å². The molecule has 2 heterocycles. The first kappa shape index (κ1) is 23.2. The van der Waals surface area contributed by atoms with E-state index in [1.165, 1.54) is 13.0 Å². The van der Waals surface area contributed by atoms with Crippen molar-refractivity contribution < 1.29 is 22.4 Å². The van der Waals surface area contributed by atoms with Gasteiger partial charge in [0.15, 0.2) is 15.6 Å². The van der Waals surface area contributed by atoms with E-state index in [1.54, 1.807) is 12.1 Å². The minimum atomic E-state index is -3.06. The smallest absolute Gasteiger partial charge is 0.237 e. The van der Waals surface area contributed by atoms with Gasteiger partial charge < -0.3 is 9.80 Å². The zero-order valence-corrected chi connectivity index (χ0v) is 19.4. The lowest BCUT2D eigenvalue weighted by atomic mass is 10.1. The van der Waals surface area contributed by atoms with Gasteiger partial charge in [-0.15, -0.1) is 0 Å². The normalized spacial score (nSPS) is 24.1. The third-order valence-corrected chi connectivity index (χ3v) is 8.78. The highest BCUT2D eigenvalue weighted by atomic mass is 32.2. The van der Waals surface area contributed by atoms with Gasteiger partial charge in [-0.25, -0.2) is 12.8 Å². The minimum absolute atomic E-state index is 0.0180. The summed E-state index contributed by atoms with van der Waals surface area (Å²) in [4.78, 5) is 30.7. The van der Waals surface area contributed by atoms with Crippen LogP contribution in [0.3, 0.4) is 0 Å². The Morgan fingerprint density at radius 2 is 1.75 bits per heavy atom. The summed E-state index contributed by atoms with van der Waals surface area (Å²) >= 11 is 0. The average Bonchev–Trinajstić information content (AvgIpc) is 3.39. The summed E-state index contributed by atoms with van der Waals surface area (Å²) in [6.45, 7) is 4.12. The highest BCUT2D eigenvalue weighted by Crippen LogP contribution is 2.29.